The molecule has 0 aliphatic carbocycles. The molecule has 0 aromatic heterocycles. The number of aromatic nitrogens is 4. The van der Waals surface area contributed by atoms with Crippen molar-refractivity contribution in [3.63, 3.8) is 0 Å². The average Bonchev–Trinajstić information content (AvgIpc) is 2.97. The van der Waals surface area contributed by atoms with Crippen molar-refractivity contribution in [1.82, 2.24) is 19.1 Å². The molecule has 14 nitrogen and oxygen atoms in total. The molecule has 0 fully saturated rings. The van der Waals surface area contributed by atoms with Crippen LogP contribution in [0.2, 0.25) is 0 Å². The van der Waals surface area contributed by atoms with Crippen molar-refractivity contribution in [2.75, 3.05) is 6.61 Å². The third-order valence-corrected chi connectivity index (χ3v) is 7.13. The van der Waals surface area contributed by atoms with Gasteiger partial charge in [0.1, 0.15) is 6.61 Å². The Morgan fingerprint density at radius 1 is 0.761 bits per heavy atom. The predicted octanol–water partition coefficient (Wildman–Crippen LogP) is 2.08. The average molecular weight is 635 g/mol. The van der Waals surface area contributed by atoms with Gasteiger partial charge >= 0.3 is 29.6 Å². The molecule has 0 spiro atoms. The fourth-order valence-corrected chi connectivity index (χ4v) is 5.01. The van der Waals surface area contributed by atoms with Gasteiger partial charge in [0.15, 0.2) is 29.8 Å². The van der Waals surface area contributed by atoms with E-state index in [1.165, 1.54) is 4.57 Å². The Bertz CT molecular complexity index is 1880. The maximum Gasteiger partial charge on any atom is 0.352 e. The van der Waals surface area contributed by atoms with Gasteiger partial charge < -0.3 is 23.5 Å². The largest absolute Gasteiger partial charge is 0.462 e. The first-order valence-corrected chi connectivity index (χ1v) is 14.4. The molecule has 14 heteroatoms. The zero-order valence-electron chi connectivity index (χ0n) is 26.3. The predicted molar refractivity (Wildman–Crippen MR) is 163 cm³/mol. The van der Waals surface area contributed by atoms with E-state index in [0.29, 0.717) is 16.6 Å². The van der Waals surface area contributed by atoms with E-state index in [-0.39, 0.29) is 24.6 Å². The molecule has 2 aromatic rings. The van der Waals surface area contributed by atoms with Gasteiger partial charge in [-0.2, -0.15) is 4.98 Å². The summed E-state index contributed by atoms with van der Waals surface area (Å²) in [5, 5.41) is 0. The molecule has 0 radical (unpaired) electrons. The summed E-state index contributed by atoms with van der Waals surface area (Å²) in [5.74, 6) is -3.20. The lowest BCUT2D eigenvalue weighted by molar-refractivity contribution is -0.190. The van der Waals surface area contributed by atoms with Crippen LogP contribution in [0.25, 0.3) is 22.6 Å². The second-order valence-electron chi connectivity index (χ2n) is 10.8. The number of carbonyl (C=O) groups excluding carboxylic acids is 4. The molecule has 2 aliphatic heterocycles. The van der Waals surface area contributed by atoms with Gasteiger partial charge in [0, 0.05) is 27.7 Å². The highest BCUT2D eigenvalue weighted by Crippen LogP contribution is 2.26. The Balaban J connectivity index is 1.96. The Kier molecular flexibility index (Phi) is 10.3. The number of aryl methyl sites for hydroxylation is 2. The van der Waals surface area contributed by atoms with Crippen LogP contribution in [0.3, 0.4) is 0 Å². The van der Waals surface area contributed by atoms with Gasteiger partial charge in [-0.3, -0.25) is 28.5 Å². The van der Waals surface area contributed by atoms with Crippen molar-refractivity contribution in [3.8, 4) is 11.5 Å². The molecule has 3 atom stereocenters. The quantitative estimate of drug-likeness (QED) is 0.134. The second-order valence-corrected chi connectivity index (χ2v) is 10.8. The van der Waals surface area contributed by atoms with Crippen LogP contribution in [0.5, 0.6) is 0 Å². The number of esters is 4. The number of hydrogen-bond donors (Lipinski definition) is 0. The van der Waals surface area contributed by atoms with E-state index >= 15 is 0 Å². The number of fused-ring (bicyclic) bond motifs is 2. The standard InChI is InChI=1S/C32H34N4O10/c1-17-12-24-25(13-18(17)2)35(30-28(33-24)31(41)36(32(42)34-30)14-23-10-8-7-9-11-23)15-26(44-20(4)38)29(46-22(6)40)27(45-21(5)39)16-43-19(3)37/h7-13,26-27,29H,14-16H2,1-6H3/t26-,27+,29-/m0/s1. The zero-order valence-corrected chi connectivity index (χ0v) is 26.3. The van der Waals surface area contributed by atoms with Crippen molar-refractivity contribution in [1.29, 1.82) is 0 Å². The Hall–Kier alpha value is -5.40. The van der Waals surface area contributed by atoms with Crippen LogP contribution in [0, 0.1) is 13.8 Å². The van der Waals surface area contributed by atoms with Gasteiger partial charge in [0.05, 0.1) is 24.1 Å². The van der Waals surface area contributed by atoms with Crippen LogP contribution in [-0.4, -0.2) is 67.9 Å². The molecule has 2 heterocycles. The van der Waals surface area contributed by atoms with Crippen LogP contribution >= 0.6 is 0 Å². The van der Waals surface area contributed by atoms with Crippen LogP contribution < -0.4 is 11.2 Å². The highest BCUT2D eigenvalue weighted by Gasteiger charge is 2.39. The first-order valence-electron chi connectivity index (χ1n) is 14.4. The number of hydrogen-bond acceptors (Lipinski definition) is 12. The summed E-state index contributed by atoms with van der Waals surface area (Å²) < 4.78 is 24.0. The minimum absolute atomic E-state index is 0.0428. The summed E-state index contributed by atoms with van der Waals surface area (Å²) >= 11 is 0. The van der Waals surface area contributed by atoms with Crippen LogP contribution in [0.15, 0.2) is 52.1 Å². The molecule has 2 aliphatic rings. The third kappa shape index (κ3) is 7.81. The molecule has 4 rings (SSSR count). The lowest BCUT2D eigenvalue weighted by Gasteiger charge is -2.32. The van der Waals surface area contributed by atoms with Crippen LogP contribution in [0.4, 0.5) is 0 Å². The number of benzene rings is 2. The number of nitrogens with zero attached hydrogens (tertiary/aromatic N) is 4. The molecule has 0 saturated carbocycles. The maximum absolute atomic E-state index is 13.8. The summed E-state index contributed by atoms with van der Waals surface area (Å²) in [6.45, 7) is 7.29. The van der Waals surface area contributed by atoms with Crippen molar-refractivity contribution in [2.45, 2.75) is 72.9 Å². The summed E-state index contributed by atoms with van der Waals surface area (Å²) in [6.07, 6.45) is -4.29. The minimum atomic E-state index is -1.49. The Morgan fingerprint density at radius 3 is 1.98 bits per heavy atom. The summed E-state index contributed by atoms with van der Waals surface area (Å²) in [7, 11) is 0. The molecular formula is C32H34N4O10. The lowest BCUT2D eigenvalue weighted by atomic mass is 10.1. The van der Waals surface area contributed by atoms with Crippen molar-refractivity contribution < 1.29 is 38.1 Å². The van der Waals surface area contributed by atoms with Gasteiger partial charge in [-0.1, -0.05) is 30.3 Å². The highest BCUT2D eigenvalue weighted by atomic mass is 16.6. The first kappa shape index (κ1) is 33.5. The summed E-state index contributed by atoms with van der Waals surface area (Å²) in [6, 6.07) is 12.4. The third-order valence-electron chi connectivity index (χ3n) is 7.13. The topological polar surface area (TPSA) is 175 Å². The zero-order chi connectivity index (χ0) is 33.7. The van der Waals surface area contributed by atoms with Gasteiger partial charge in [-0.25, -0.2) is 9.78 Å². The van der Waals surface area contributed by atoms with Gasteiger partial charge in [-0.15, -0.1) is 0 Å². The SMILES string of the molecule is CC(=O)OC[C@@H](OC(C)=O)[C@@H](OC(C)=O)[C@H](Cn1c2nc(=O)n(Cc3ccccc3)c(=O)c-2nc2cc(C)c(C)cc21)OC(C)=O. The molecule has 0 amide bonds. The minimum Gasteiger partial charge on any atom is -0.462 e. The van der Waals surface area contributed by atoms with E-state index in [2.05, 4.69) is 9.97 Å². The molecular weight excluding hydrogens is 600 g/mol. The van der Waals surface area contributed by atoms with Gasteiger partial charge in [0.25, 0.3) is 5.56 Å². The fraction of sp³-hybridized carbons (Fsp3) is 0.375. The molecule has 46 heavy (non-hydrogen) atoms. The number of rotatable bonds is 11. The van der Waals surface area contributed by atoms with Crippen molar-refractivity contribution >= 4 is 34.9 Å². The molecule has 0 N–H and O–H groups in total. The Labute approximate surface area is 263 Å². The molecule has 0 bridgehead atoms. The number of ether oxygens (including phenoxy) is 4. The molecule has 0 saturated heterocycles. The van der Waals surface area contributed by atoms with Gasteiger partial charge in [0.2, 0.25) is 0 Å². The summed E-state index contributed by atoms with van der Waals surface area (Å²) in [4.78, 5) is 84.4. The monoisotopic (exact) mass is 634 g/mol. The van der Waals surface area contributed by atoms with E-state index in [1.807, 2.05) is 19.9 Å². The normalized spacial score (nSPS) is 13.1. The maximum atomic E-state index is 13.8. The van der Waals surface area contributed by atoms with E-state index in [4.69, 9.17) is 18.9 Å². The fourth-order valence-electron chi connectivity index (χ4n) is 5.01. The smallest absolute Gasteiger partial charge is 0.352 e. The van der Waals surface area contributed by atoms with Crippen molar-refractivity contribution in [2.24, 2.45) is 0 Å². The van der Waals surface area contributed by atoms with E-state index in [1.54, 1.807) is 36.4 Å². The molecule has 2 aromatic carbocycles. The molecule has 242 valence electrons. The van der Waals surface area contributed by atoms with E-state index in [9.17, 15) is 28.8 Å². The van der Waals surface area contributed by atoms with Crippen molar-refractivity contribution in [3.05, 3.63) is 80.0 Å². The Morgan fingerprint density at radius 2 is 1.37 bits per heavy atom. The van der Waals surface area contributed by atoms with Gasteiger partial charge in [-0.05, 0) is 42.7 Å². The summed E-state index contributed by atoms with van der Waals surface area (Å²) in [5.41, 5.74) is 1.55. The second kappa shape index (κ2) is 14.1. The van der Waals surface area contributed by atoms with E-state index < -0.39 is 60.0 Å². The van der Waals surface area contributed by atoms with Crippen LogP contribution in [0.1, 0.15) is 44.4 Å². The lowest BCUT2D eigenvalue weighted by Crippen LogP contribution is -2.49. The van der Waals surface area contributed by atoms with Crippen LogP contribution in [-0.2, 0) is 51.2 Å². The first-order chi connectivity index (χ1) is 21.7. The highest BCUT2D eigenvalue weighted by molar-refractivity contribution is 5.81. The molecule has 0 unspecified atom stereocenters. The van der Waals surface area contributed by atoms with E-state index in [0.717, 1.165) is 43.4 Å². The number of carbonyl (C=O) groups is 4.